The Hall–Kier alpha value is -1.84. The van der Waals surface area contributed by atoms with Crippen LogP contribution in [0.4, 0.5) is 17.6 Å². The fourth-order valence-electron chi connectivity index (χ4n) is 2.09. The minimum atomic E-state index is -4.26. The van der Waals surface area contributed by atoms with Gasteiger partial charge >= 0.3 is 11.8 Å². The largest absolute Gasteiger partial charge is 0.339 e. The summed E-state index contributed by atoms with van der Waals surface area (Å²) in [5.74, 6) is -8.36. The summed E-state index contributed by atoms with van der Waals surface area (Å²) in [7, 11) is 0. The maximum Gasteiger partial charge on any atom is 0.339 e. The quantitative estimate of drug-likeness (QED) is 0.635. The summed E-state index contributed by atoms with van der Waals surface area (Å²) in [6.45, 7) is 3.82. The highest BCUT2D eigenvalue weighted by Crippen LogP contribution is 2.49. The summed E-state index contributed by atoms with van der Waals surface area (Å²) in [6, 6.07) is 11.3. The first-order chi connectivity index (χ1) is 9.76. The second kappa shape index (κ2) is 5.51. The lowest BCUT2D eigenvalue weighted by Crippen LogP contribution is -2.35. The summed E-state index contributed by atoms with van der Waals surface area (Å²) < 4.78 is 56.7. The summed E-state index contributed by atoms with van der Waals surface area (Å²) in [5.41, 5.74) is -0.540. The maximum atomic E-state index is 14.2. The number of alkyl halides is 4. The van der Waals surface area contributed by atoms with Gasteiger partial charge in [0, 0.05) is 11.1 Å². The predicted octanol–water partition coefficient (Wildman–Crippen LogP) is 5.69. The zero-order valence-corrected chi connectivity index (χ0v) is 11.8. The summed E-state index contributed by atoms with van der Waals surface area (Å²) in [5, 5.41) is 0. The van der Waals surface area contributed by atoms with Crippen molar-refractivity contribution in [2.75, 3.05) is 0 Å². The number of benzene rings is 2. The molecule has 2 aromatic rings. The van der Waals surface area contributed by atoms with Crippen LogP contribution in [0.2, 0.25) is 0 Å². The molecular weight excluding hydrogens is 280 g/mol. The molecule has 0 aliphatic rings. The van der Waals surface area contributed by atoms with E-state index in [1.165, 1.54) is 30.3 Å². The molecule has 0 saturated carbocycles. The van der Waals surface area contributed by atoms with Crippen molar-refractivity contribution in [1.82, 2.24) is 0 Å². The molecule has 0 unspecified atom stereocenters. The predicted molar refractivity (Wildman–Crippen MR) is 74.8 cm³/mol. The van der Waals surface area contributed by atoms with Gasteiger partial charge in [0.25, 0.3) is 0 Å². The van der Waals surface area contributed by atoms with E-state index >= 15 is 0 Å². The molecule has 21 heavy (non-hydrogen) atoms. The summed E-state index contributed by atoms with van der Waals surface area (Å²) in [6.07, 6.45) is 0. The third-order valence-electron chi connectivity index (χ3n) is 3.47. The third kappa shape index (κ3) is 2.80. The van der Waals surface area contributed by atoms with Crippen LogP contribution in [0.15, 0.2) is 54.6 Å². The Kier molecular flexibility index (Phi) is 4.08. The Morgan fingerprint density at radius 1 is 0.667 bits per heavy atom. The highest BCUT2D eigenvalue weighted by atomic mass is 19.3. The Balaban J connectivity index is 2.40. The van der Waals surface area contributed by atoms with Crippen molar-refractivity contribution in [1.29, 1.82) is 0 Å². The summed E-state index contributed by atoms with van der Waals surface area (Å²) >= 11 is 0. The third-order valence-corrected chi connectivity index (χ3v) is 3.47. The van der Waals surface area contributed by atoms with Crippen LogP contribution < -0.4 is 0 Å². The Bertz CT molecular complexity index is 586. The normalized spacial score (nSPS) is 12.7. The van der Waals surface area contributed by atoms with E-state index in [1.807, 2.05) is 13.8 Å². The van der Waals surface area contributed by atoms with Crippen molar-refractivity contribution in [2.24, 2.45) is 0 Å². The molecule has 0 radical (unpaired) electrons. The second-order valence-electron chi connectivity index (χ2n) is 5.29. The first-order valence-corrected chi connectivity index (χ1v) is 6.68. The fraction of sp³-hybridized carbons (Fsp3) is 0.294. The molecule has 0 heterocycles. The van der Waals surface area contributed by atoms with Crippen molar-refractivity contribution >= 4 is 0 Å². The van der Waals surface area contributed by atoms with Gasteiger partial charge in [-0.25, -0.2) is 0 Å². The standard InChI is InChI=1S/C17H16F4/c1-12(2)13-8-10-15(11-9-13)17(20,21)16(18,19)14-6-4-3-5-7-14/h3-12H,1-2H3. The number of halogens is 4. The molecule has 0 N–H and O–H groups in total. The first kappa shape index (κ1) is 15.5. The molecule has 0 amide bonds. The Labute approximate surface area is 121 Å². The molecule has 0 fully saturated rings. The van der Waals surface area contributed by atoms with E-state index in [-0.39, 0.29) is 5.92 Å². The van der Waals surface area contributed by atoms with Gasteiger partial charge < -0.3 is 0 Å². The molecule has 0 nitrogen and oxygen atoms in total. The van der Waals surface area contributed by atoms with Crippen LogP contribution in [-0.4, -0.2) is 0 Å². The zero-order valence-electron chi connectivity index (χ0n) is 11.8. The molecule has 2 rings (SSSR count). The lowest BCUT2D eigenvalue weighted by atomic mass is 9.94. The van der Waals surface area contributed by atoms with Gasteiger partial charge in [0.15, 0.2) is 0 Å². The highest BCUT2D eigenvalue weighted by molar-refractivity contribution is 5.32. The van der Waals surface area contributed by atoms with Crippen LogP contribution in [0, 0.1) is 0 Å². The topological polar surface area (TPSA) is 0 Å². The van der Waals surface area contributed by atoms with Gasteiger partial charge in [-0.3, -0.25) is 0 Å². The average Bonchev–Trinajstić information content (AvgIpc) is 2.48. The fourth-order valence-corrected chi connectivity index (χ4v) is 2.09. The van der Waals surface area contributed by atoms with Crippen LogP contribution >= 0.6 is 0 Å². The molecule has 2 aromatic carbocycles. The Morgan fingerprint density at radius 2 is 1.10 bits per heavy atom. The van der Waals surface area contributed by atoms with Crippen LogP contribution in [-0.2, 0) is 11.8 Å². The highest BCUT2D eigenvalue weighted by Gasteiger charge is 2.58. The monoisotopic (exact) mass is 296 g/mol. The van der Waals surface area contributed by atoms with Crippen molar-refractivity contribution < 1.29 is 17.6 Å². The van der Waals surface area contributed by atoms with E-state index in [4.69, 9.17) is 0 Å². The van der Waals surface area contributed by atoms with Crippen molar-refractivity contribution in [3.05, 3.63) is 71.3 Å². The maximum absolute atomic E-state index is 14.2. The van der Waals surface area contributed by atoms with Crippen LogP contribution in [0.1, 0.15) is 36.5 Å². The average molecular weight is 296 g/mol. The molecule has 112 valence electrons. The number of hydrogen-bond donors (Lipinski definition) is 0. The number of hydrogen-bond acceptors (Lipinski definition) is 0. The molecule has 0 aliphatic heterocycles. The van der Waals surface area contributed by atoms with E-state index < -0.39 is 23.0 Å². The SMILES string of the molecule is CC(C)c1ccc(C(F)(F)C(F)(F)c2ccccc2)cc1. The molecule has 0 atom stereocenters. The first-order valence-electron chi connectivity index (χ1n) is 6.68. The molecule has 0 aliphatic carbocycles. The Morgan fingerprint density at radius 3 is 1.52 bits per heavy atom. The second-order valence-corrected chi connectivity index (χ2v) is 5.29. The zero-order chi connectivity index (χ0) is 15.7. The lowest BCUT2D eigenvalue weighted by molar-refractivity contribution is -0.223. The lowest BCUT2D eigenvalue weighted by Gasteiger charge is -2.27. The van der Waals surface area contributed by atoms with E-state index in [0.29, 0.717) is 0 Å². The smallest absolute Gasteiger partial charge is 0.194 e. The van der Waals surface area contributed by atoms with E-state index in [1.54, 1.807) is 0 Å². The van der Waals surface area contributed by atoms with Gasteiger partial charge in [-0.15, -0.1) is 0 Å². The van der Waals surface area contributed by atoms with Gasteiger partial charge in [-0.1, -0.05) is 68.4 Å². The van der Waals surface area contributed by atoms with Crippen LogP contribution in [0.25, 0.3) is 0 Å². The van der Waals surface area contributed by atoms with Crippen molar-refractivity contribution in [2.45, 2.75) is 31.6 Å². The molecule has 0 saturated heterocycles. The van der Waals surface area contributed by atoms with Gasteiger partial charge in [0.2, 0.25) is 0 Å². The molecule has 0 bridgehead atoms. The number of rotatable bonds is 4. The minimum Gasteiger partial charge on any atom is -0.194 e. The van der Waals surface area contributed by atoms with Crippen molar-refractivity contribution in [3.8, 4) is 0 Å². The van der Waals surface area contributed by atoms with Gasteiger partial charge in [0.05, 0.1) is 0 Å². The van der Waals surface area contributed by atoms with E-state index in [9.17, 15) is 17.6 Å². The van der Waals surface area contributed by atoms with E-state index in [2.05, 4.69) is 0 Å². The van der Waals surface area contributed by atoms with Gasteiger partial charge in [-0.05, 0) is 11.5 Å². The van der Waals surface area contributed by atoms with Crippen molar-refractivity contribution in [3.63, 3.8) is 0 Å². The van der Waals surface area contributed by atoms with Crippen LogP contribution in [0.5, 0.6) is 0 Å². The van der Waals surface area contributed by atoms with Gasteiger partial charge in [-0.2, -0.15) is 17.6 Å². The molecule has 0 aromatic heterocycles. The van der Waals surface area contributed by atoms with Gasteiger partial charge in [0.1, 0.15) is 0 Å². The molecule has 0 spiro atoms. The minimum absolute atomic E-state index is 0.155. The summed E-state index contributed by atoms with van der Waals surface area (Å²) in [4.78, 5) is 0. The molecular formula is C17H16F4. The van der Waals surface area contributed by atoms with E-state index in [0.717, 1.165) is 29.8 Å². The van der Waals surface area contributed by atoms with Crippen LogP contribution in [0.3, 0.4) is 0 Å². The molecule has 4 heteroatoms.